The van der Waals surface area contributed by atoms with Gasteiger partial charge in [-0.25, -0.2) is 4.99 Å². The van der Waals surface area contributed by atoms with Crippen molar-refractivity contribution in [2.24, 2.45) is 4.99 Å². The summed E-state index contributed by atoms with van der Waals surface area (Å²) in [6.45, 7) is 9.26. The second kappa shape index (κ2) is 14.0. The predicted octanol–water partition coefficient (Wildman–Crippen LogP) is 3.69. The van der Waals surface area contributed by atoms with Crippen LogP contribution in [0.4, 0.5) is 8.78 Å². The lowest BCUT2D eigenvalue weighted by atomic mass is 10.2. The Bertz CT molecular complexity index is 530. The first-order valence-electron chi connectivity index (χ1n) is 8.76. The number of halogens is 3. The first-order valence-corrected chi connectivity index (χ1v) is 8.76. The lowest BCUT2D eigenvalue weighted by Crippen LogP contribution is -2.43. The Morgan fingerprint density at radius 1 is 1.19 bits per heavy atom. The SMILES string of the molecule is CCNC(=NCc1ccccc1OC(F)F)NCCN(CC)C(C)C.I. The first-order chi connectivity index (χ1) is 12.0. The van der Waals surface area contributed by atoms with Crippen molar-refractivity contribution >= 4 is 29.9 Å². The third-order valence-electron chi connectivity index (χ3n) is 3.77. The van der Waals surface area contributed by atoms with Gasteiger partial charge in [-0.1, -0.05) is 25.1 Å². The summed E-state index contributed by atoms with van der Waals surface area (Å²) >= 11 is 0. The molecule has 150 valence electrons. The molecule has 0 bridgehead atoms. The fraction of sp³-hybridized carbons (Fsp3) is 0.611. The van der Waals surface area contributed by atoms with Gasteiger partial charge in [-0.2, -0.15) is 8.78 Å². The van der Waals surface area contributed by atoms with Crippen molar-refractivity contribution in [3.8, 4) is 5.75 Å². The first kappa shape index (κ1) is 24.8. The monoisotopic (exact) mass is 484 g/mol. The van der Waals surface area contributed by atoms with Crippen molar-refractivity contribution < 1.29 is 13.5 Å². The molecule has 26 heavy (non-hydrogen) atoms. The Balaban J connectivity index is 0.00000625. The van der Waals surface area contributed by atoms with Crippen molar-refractivity contribution in [3.05, 3.63) is 29.8 Å². The summed E-state index contributed by atoms with van der Waals surface area (Å²) in [6, 6.07) is 7.21. The highest BCUT2D eigenvalue weighted by atomic mass is 127. The summed E-state index contributed by atoms with van der Waals surface area (Å²) in [5, 5.41) is 6.44. The van der Waals surface area contributed by atoms with Gasteiger partial charge >= 0.3 is 6.61 Å². The van der Waals surface area contributed by atoms with Gasteiger partial charge in [0, 0.05) is 31.2 Å². The van der Waals surface area contributed by atoms with Gasteiger partial charge in [-0.3, -0.25) is 4.90 Å². The van der Waals surface area contributed by atoms with Crippen LogP contribution in [-0.2, 0) is 6.54 Å². The molecular weight excluding hydrogens is 453 g/mol. The number of likely N-dealkylation sites (N-methyl/N-ethyl adjacent to an activating group) is 1. The third kappa shape index (κ3) is 9.51. The highest BCUT2D eigenvalue weighted by molar-refractivity contribution is 14.0. The molecule has 1 aromatic carbocycles. The van der Waals surface area contributed by atoms with E-state index in [0.717, 1.165) is 26.2 Å². The van der Waals surface area contributed by atoms with Crippen LogP contribution >= 0.6 is 24.0 Å². The molecule has 5 nitrogen and oxygen atoms in total. The molecule has 0 saturated heterocycles. The van der Waals surface area contributed by atoms with E-state index in [1.165, 1.54) is 6.07 Å². The van der Waals surface area contributed by atoms with E-state index in [2.05, 4.69) is 46.0 Å². The van der Waals surface area contributed by atoms with Crippen LogP contribution in [-0.4, -0.2) is 49.7 Å². The van der Waals surface area contributed by atoms with E-state index in [-0.39, 0.29) is 36.3 Å². The van der Waals surface area contributed by atoms with Gasteiger partial charge in [0.1, 0.15) is 5.75 Å². The van der Waals surface area contributed by atoms with Crippen molar-refractivity contribution in [1.82, 2.24) is 15.5 Å². The zero-order chi connectivity index (χ0) is 18.7. The number of benzene rings is 1. The smallest absolute Gasteiger partial charge is 0.387 e. The molecule has 0 aliphatic heterocycles. The van der Waals surface area contributed by atoms with Crippen LogP contribution in [0.15, 0.2) is 29.3 Å². The fourth-order valence-electron chi connectivity index (χ4n) is 2.45. The van der Waals surface area contributed by atoms with Gasteiger partial charge < -0.3 is 15.4 Å². The van der Waals surface area contributed by atoms with Crippen molar-refractivity contribution in [1.29, 1.82) is 0 Å². The quantitative estimate of drug-likeness (QED) is 0.302. The second-order valence-corrected chi connectivity index (χ2v) is 5.83. The molecule has 1 aromatic rings. The number of para-hydroxylation sites is 1. The van der Waals surface area contributed by atoms with Gasteiger partial charge in [0.05, 0.1) is 6.54 Å². The Kier molecular flexibility index (Phi) is 13.3. The van der Waals surface area contributed by atoms with Crippen LogP contribution in [0.3, 0.4) is 0 Å². The van der Waals surface area contributed by atoms with Crippen molar-refractivity contribution in [2.45, 2.75) is 46.9 Å². The average Bonchev–Trinajstić information content (AvgIpc) is 2.56. The Morgan fingerprint density at radius 2 is 1.88 bits per heavy atom. The van der Waals surface area contributed by atoms with E-state index in [1.54, 1.807) is 18.2 Å². The maximum atomic E-state index is 12.5. The molecule has 0 radical (unpaired) electrons. The van der Waals surface area contributed by atoms with E-state index in [4.69, 9.17) is 0 Å². The number of nitrogens with zero attached hydrogens (tertiary/aromatic N) is 2. The standard InChI is InChI=1S/C18H30F2N4O.HI/c1-5-21-18(22-11-12-24(6-2)14(3)4)23-13-15-9-7-8-10-16(15)25-17(19)20;/h7-10,14,17H,5-6,11-13H2,1-4H3,(H2,21,22,23);1H. The molecule has 0 amide bonds. The summed E-state index contributed by atoms with van der Waals surface area (Å²) in [5.74, 6) is 0.822. The molecule has 0 aromatic heterocycles. The fourth-order valence-corrected chi connectivity index (χ4v) is 2.45. The number of nitrogens with one attached hydrogen (secondary N) is 2. The number of guanidine groups is 1. The Hall–Kier alpha value is -1.16. The van der Waals surface area contributed by atoms with Crippen molar-refractivity contribution in [3.63, 3.8) is 0 Å². The number of hydrogen-bond donors (Lipinski definition) is 2. The zero-order valence-corrected chi connectivity index (χ0v) is 18.3. The maximum absolute atomic E-state index is 12.5. The maximum Gasteiger partial charge on any atom is 0.387 e. The van der Waals surface area contributed by atoms with E-state index < -0.39 is 6.61 Å². The number of hydrogen-bond acceptors (Lipinski definition) is 3. The van der Waals surface area contributed by atoms with Crippen LogP contribution in [0.1, 0.15) is 33.3 Å². The van der Waals surface area contributed by atoms with E-state index in [0.29, 0.717) is 17.6 Å². The number of alkyl halides is 2. The summed E-state index contributed by atoms with van der Waals surface area (Å²) < 4.78 is 29.5. The van der Waals surface area contributed by atoms with Crippen LogP contribution in [0.2, 0.25) is 0 Å². The minimum Gasteiger partial charge on any atom is -0.434 e. The lowest BCUT2D eigenvalue weighted by Gasteiger charge is -2.25. The number of rotatable bonds is 10. The second-order valence-electron chi connectivity index (χ2n) is 5.83. The summed E-state index contributed by atoms with van der Waals surface area (Å²) in [7, 11) is 0. The highest BCUT2D eigenvalue weighted by Crippen LogP contribution is 2.20. The topological polar surface area (TPSA) is 48.9 Å². The molecule has 0 saturated carbocycles. The Labute approximate surface area is 172 Å². The molecule has 0 fully saturated rings. The largest absolute Gasteiger partial charge is 0.434 e. The number of ether oxygens (including phenoxy) is 1. The van der Waals surface area contributed by atoms with Crippen LogP contribution in [0, 0.1) is 0 Å². The molecule has 0 heterocycles. The molecule has 0 atom stereocenters. The molecule has 1 rings (SSSR count). The lowest BCUT2D eigenvalue weighted by molar-refractivity contribution is -0.0504. The molecule has 0 spiro atoms. The molecule has 0 aliphatic carbocycles. The summed E-state index contributed by atoms with van der Waals surface area (Å²) in [4.78, 5) is 6.82. The van der Waals surface area contributed by atoms with Crippen LogP contribution in [0.5, 0.6) is 5.75 Å². The van der Waals surface area contributed by atoms with Crippen molar-refractivity contribution in [2.75, 3.05) is 26.2 Å². The van der Waals surface area contributed by atoms with E-state index in [9.17, 15) is 8.78 Å². The van der Waals surface area contributed by atoms with Gasteiger partial charge in [-0.15, -0.1) is 24.0 Å². The van der Waals surface area contributed by atoms with E-state index >= 15 is 0 Å². The normalized spacial score (nSPS) is 11.7. The van der Waals surface area contributed by atoms with Gasteiger partial charge in [0.25, 0.3) is 0 Å². The van der Waals surface area contributed by atoms with Gasteiger partial charge in [0.15, 0.2) is 5.96 Å². The molecular formula is C18H31F2IN4O. The minimum atomic E-state index is -2.84. The molecule has 2 N–H and O–H groups in total. The summed E-state index contributed by atoms with van der Waals surface area (Å²) in [5.41, 5.74) is 0.623. The molecule has 0 unspecified atom stereocenters. The minimum absolute atomic E-state index is 0. The average molecular weight is 484 g/mol. The third-order valence-corrected chi connectivity index (χ3v) is 3.77. The zero-order valence-electron chi connectivity index (χ0n) is 16.0. The van der Waals surface area contributed by atoms with Crippen LogP contribution < -0.4 is 15.4 Å². The molecule has 8 heteroatoms. The predicted molar refractivity (Wildman–Crippen MR) is 114 cm³/mol. The Morgan fingerprint density at radius 3 is 2.46 bits per heavy atom. The van der Waals surface area contributed by atoms with E-state index in [1.807, 2.05) is 6.92 Å². The highest BCUT2D eigenvalue weighted by Gasteiger charge is 2.09. The number of aliphatic imine (C=N–C) groups is 1. The summed E-state index contributed by atoms with van der Waals surface area (Å²) in [6.07, 6.45) is 0. The van der Waals surface area contributed by atoms with Gasteiger partial charge in [0.2, 0.25) is 0 Å². The van der Waals surface area contributed by atoms with Gasteiger partial charge in [-0.05, 0) is 33.4 Å². The van der Waals surface area contributed by atoms with Crippen LogP contribution in [0.25, 0.3) is 0 Å². The molecule has 0 aliphatic rings.